The minimum Gasteiger partial charge on any atom is -0.486 e. The van der Waals surface area contributed by atoms with E-state index in [0.717, 1.165) is 5.56 Å². The molecule has 1 unspecified atom stereocenters. The number of carboxylic acids is 1. The van der Waals surface area contributed by atoms with Gasteiger partial charge in [-0.25, -0.2) is 9.59 Å². The van der Waals surface area contributed by atoms with Crippen molar-refractivity contribution in [3.8, 4) is 11.5 Å². The molecule has 1 heterocycles. The number of likely N-dealkylation sites (N-methyl/N-ethyl adjacent to an activating group) is 1. The SMILES string of the molecule is CCN(CC1COc2ccccc2O1)C(=O)NCc1ccc(C(=O)O)cc1. The molecule has 1 aliphatic heterocycles. The van der Waals surface area contributed by atoms with Crippen LogP contribution in [0.15, 0.2) is 48.5 Å². The third kappa shape index (κ3) is 4.69. The molecule has 0 spiro atoms. The van der Waals surface area contributed by atoms with Crippen molar-refractivity contribution in [2.45, 2.75) is 19.6 Å². The first kappa shape index (κ1) is 18.6. The minimum atomic E-state index is -0.973. The lowest BCUT2D eigenvalue weighted by atomic mass is 10.1. The summed E-state index contributed by atoms with van der Waals surface area (Å²) in [6, 6.07) is 13.7. The summed E-state index contributed by atoms with van der Waals surface area (Å²) < 4.78 is 11.6. The number of carbonyl (C=O) groups excluding carboxylic acids is 1. The number of nitrogens with zero attached hydrogens (tertiary/aromatic N) is 1. The Morgan fingerprint density at radius 1 is 1.15 bits per heavy atom. The molecule has 2 amide bonds. The van der Waals surface area contributed by atoms with E-state index in [-0.39, 0.29) is 17.7 Å². The molecule has 1 aliphatic rings. The van der Waals surface area contributed by atoms with Crippen LogP contribution in [-0.4, -0.2) is 47.8 Å². The summed E-state index contributed by atoms with van der Waals surface area (Å²) in [5.74, 6) is 0.425. The van der Waals surface area contributed by atoms with Gasteiger partial charge in [0.25, 0.3) is 0 Å². The molecule has 0 saturated carbocycles. The smallest absolute Gasteiger partial charge is 0.335 e. The first-order valence-corrected chi connectivity index (χ1v) is 8.80. The van der Waals surface area contributed by atoms with Crippen LogP contribution < -0.4 is 14.8 Å². The molecule has 0 aliphatic carbocycles. The van der Waals surface area contributed by atoms with Gasteiger partial charge in [0.2, 0.25) is 0 Å². The topological polar surface area (TPSA) is 88.1 Å². The number of hydrogen-bond donors (Lipinski definition) is 2. The van der Waals surface area contributed by atoms with Gasteiger partial charge in [0, 0.05) is 13.1 Å². The summed E-state index contributed by atoms with van der Waals surface area (Å²) in [6.07, 6.45) is -0.236. The van der Waals surface area contributed by atoms with E-state index in [2.05, 4.69) is 5.32 Å². The first-order chi connectivity index (χ1) is 13.1. The zero-order chi connectivity index (χ0) is 19.2. The highest BCUT2D eigenvalue weighted by Crippen LogP contribution is 2.31. The number of amides is 2. The van der Waals surface area contributed by atoms with Crippen LogP contribution in [0.1, 0.15) is 22.8 Å². The number of nitrogens with one attached hydrogen (secondary N) is 1. The highest BCUT2D eigenvalue weighted by atomic mass is 16.6. The molecule has 1 atom stereocenters. The van der Waals surface area contributed by atoms with E-state index in [1.54, 1.807) is 17.0 Å². The van der Waals surface area contributed by atoms with Crippen molar-refractivity contribution in [1.82, 2.24) is 10.2 Å². The fourth-order valence-electron chi connectivity index (χ4n) is 2.81. The molecule has 0 bridgehead atoms. The number of para-hydroxylation sites is 2. The molecule has 2 aromatic rings. The van der Waals surface area contributed by atoms with E-state index in [1.165, 1.54) is 12.1 Å². The summed E-state index contributed by atoms with van der Waals surface area (Å²) >= 11 is 0. The average Bonchev–Trinajstić information content (AvgIpc) is 2.70. The molecule has 0 fully saturated rings. The molecule has 7 heteroatoms. The van der Waals surface area contributed by atoms with Crippen LogP contribution in [0.2, 0.25) is 0 Å². The van der Waals surface area contributed by atoms with E-state index in [0.29, 0.717) is 37.7 Å². The first-order valence-electron chi connectivity index (χ1n) is 8.80. The number of ether oxygens (including phenoxy) is 2. The molecule has 27 heavy (non-hydrogen) atoms. The fraction of sp³-hybridized carbons (Fsp3) is 0.300. The third-order valence-corrected chi connectivity index (χ3v) is 4.31. The minimum absolute atomic E-state index is 0.206. The van der Waals surface area contributed by atoms with E-state index >= 15 is 0 Å². The molecular weight excluding hydrogens is 348 g/mol. The Bertz CT molecular complexity index is 806. The van der Waals surface area contributed by atoms with Crippen molar-refractivity contribution in [3.05, 3.63) is 59.7 Å². The van der Waals surface area contributed by atoms with Crippen molar-refractivity contribution in [3.63, 3.8) is 0 Å². The van der Waals surface area contributed by atoms with Gasteiger partial charge in [0.1, 0.15) is 6.61 Å². The molecule has 3 rings (SSSR count). The van der Waals surface area contributed by atoms with E-state index < -0.39 is 5.97 Å². The van der Waals surface area contributed by atoms with Gasteiger partial charge in [-0.15, -0.1) is 0 Å². The number of fused-ring (bicyclic) bond motifs is 1. The molecule has 2 aromatic carbocycles. The molecule has 2 N–H and O–H groups in total. The van der Waals surface area contributed by atoms with Crippen molar-refractivity contribution in [2.24, 2.45) is 0 Å². The Morgan fingerprint density at radius 3 is 2.52 bits per heavy atom. The second-order valence-corrected chi connectivity index (χ2v) is 6.20. The van der Waals surface area contributed by atoms with Gasteiger partial charge in [0.05, 0.1) is 12.1 Å². The number of urea groups is 1. The molecule has 7 nitrogen and oxygen atoms in total. The standard InChI is InChI=1S/C20H22N2O5/c1-2-22(12-16-13-26-17-5-3-4-6-18(17)27-16)20(25)21-11-14-7-9-15(10-8-14)19(23)24/h3-10,16H,2,11-13H2,1H3,(H,21,25)(H,23,24). The second kappa shape index (κ2) is 8.44. The summed E-state index contributed by atoms with van der Waals surface area (Å²) in [6.45, 7) is 3.55. The molecule has 142 valence electrons. The van der Waals surface area contributed by atoms with Crippen LogP contribution in [0.5, 0.6) is 11.5 Å². The van der Waals surface area contributed by atoms with Gasteiger partial charge < -0.3 is 24.8 Å². The number of carboxylic acid groups (broad SMARTS) is 1. The predicted octanol–water partition coefficient (Wildman–Crippen LogP) is 2.76. The highest BCUT2D eigenvalue weighted by Gasteiger charge is 2.24. The van der Waals surface area contributed by atoms with Gasteiger partial charge in [-0.2, -0.15) is 0 Å². The normalized spacial score (nSPS) is 15.1. The summed E-state index contributed by atoms with van der Waals surface area (Å²) in [5, 5.41) is 11.8. The average molecular weight is 370 g/mol. The van der Waals surface area contributed by atoms with Gasteiger partial charge in [-0.1, -0.05) is 24.3 Å². The van der Waals surface area contributed by atoms with E-state index in [1.807, 2.05) is 31.2 Å². The Hall–Kier alpha value is -3.22. The van der Waals surface area contributed by atoms with Crippen molar-refractivity contribution in [1.29, 1.82) is 0 Å². The number of rotatable bonds is 6. The highest BCUT2D eigenvalue weighted by molar-refractivity contribution is 5.87. The number of carbonyl (C=O) groups is 2. The second-order valence-electron chi connectivity index (χ2n) is 6.20. The zero-order valence-electron chi connectivity index (χ0n) is 15.1. The van der Waals surface area contributed by atoms with Crippen molar-refractivity contribution in [2.75, 3.05) is 19.7 Å². The Labute approximate surface area is 157 Å². The lowest BCUT2D eigenvalue weighted by Gasteiger charge is -2.31. The van der Waals surface area contributed by atoms with Crippen LogP contribution in [0, 0.1) is 0 Å². The molecule has 0 radical (unpaired) electrons. The largest absolute Gasteiger partial charge is 0.486 e. The lowest BCUT2D eigenvalue weighted by molar-refractivity contribution is 0.0675. The fourth-order valence-corrected chi connectivity index (χ4v) is 2.81. The maximum absolute atomic E-state index is 12.5. The summed E-state index contributed by atoms with van der Waals surface area (Å²) in [7, 11) is 0. The van der Waals surface area contributed by atoms with Crippen LogP contribution in [-0.2, 0) is 6.54 Å². The van der Waals surface area contributed by atoms with Gasteiger partial charge >= 0.3 is 12.0 Å². The Kier molecular flexibility index (Phi) is 5.80. The molecule has 0 saturated heterocycles. The lowest BCUT2D eigenvalue weighted by Crippen LogP contribution is -2.47. The van der Waals surface area contributed by atoms with E-state index in [9.17, 15) is 9.59 Å². The van der Waals surface area contributed by atoms with Crippen LogP contribution in [0.25, 0.3) is 0 Å². The van der Waals surface area contributed by atoms with Gasteiger partial charge in [-0.3, -0.25) is 0 Å². The number of aromatic carboxylic acids is 1. The van der Waals surface area contributed by atoms with Crippen molar-refractivity contribution < 1.29 is 24.2 Å². The predicted molar refractivity (Wildman–Crippen MR) is 99.2 cm³/mol. The molecule has 0 aromatic heterocycles. The van der Waals surface area contributed by atoms with Gasteiger partial charge in [-0.05, 0) is 36.8 Å². The Morgan fingerprint density at radius 2 is 1.85 bits per heavy atom. The van der Waals surface area contributed by atoms with E-state index in [4.69, 9.17) is 14.6 Å². The van der Waals surface area contributed by atoms with Crippen LogP contribution in [0.3, 0.4) is 0 Å². The summed E-state index contributed by atoms with van der Waals surface area (Å²) in [5.41, 5.74) is 1.05. The molecular formula is C20H22N2O5. The van der Waals surface area contributed by atoms with Crippen molar-refractivity contribution >= 4 is 12.0 Å². The Balaban J connectivity index is 1.53. The van der Waals surface area contributed by atoms with Crippen LogP contribution >= 0.6 is 0 Å². The van der Waals surface area contributed by atoms with Crippen LogP contribution in [0.4, 0.5) is 4.79 Å². The maximum atomic E-state index is 12.5. The quantitative estimate of drug-likeness (QED) is 0.816. The number of hydrogen-bond acceptors (Lipinski definition) is 4. The maximum Gasteiger partial charge on any atom is 0.335 e. The summed E-state index contributed by atoms with van der Waals surface area (Å²) in [4.78, 5) is 25.0. The number of benzene rings is 2. The monoisotopic (exact) mass is 370 g/mol. The zero-order valence-corrected chi connectivity index (χ0v) is 15.1. The van der Waals surface area contributed by atoms with Gasteiger partial charge in [0.15, 0.2) is 17.6 Å². The third-order valence-electron chi connectivity index (χ3n) is 4.31.